The summed E-state index contributed by atoms with van der Waals surface area (Å²) in [7, 11) is 0. The van der Waals surface area contributed by atoms with E-state index in [-0.39, 0.29) is 17.2 Å². The van der Waals surface area contributed by atoms with Crippen LogP contribution in [0.3, 0.4) is 0 Å². The SMILES string of the molecule is CCC1CCCCN1C(=O)CCN(C(C)=O)c1ccc(C(C)(C)C)cc1. The van der Waals surface area contributed by atoms with Gasteiger partial charge in [-0.05, 0) is 48.8 Å². The number of hydrogen-bond donors (Lipinski definition) is 0. The van der Waals surface area contributed by atoms with Crippen molar-refractivity contribution in [1.82, 2.24) is 4.90 Å². The molecule has 144 valence electrons. The molecule has 0 bridgehead atoms. The summed E-state index contributed by atoms with van der Waals surface area (Å²) < 4.78 is 0. The molecular weight excluding hydrogens is 324 g/mol. The van der Waals surface area contributed by atoms with Crippen LogP contribution in [0.4, 0.5) is 5.69 Å². The summed E-state index contributed by atoms with van der Waals surface area (Å²) in [5.74, 6) is 0.154. The monoisotopic (exact) mass is 358 g/mol. The van der Waals surface area contributed by atoms with Gasteiger partial charge in [-0.15, -0.1) is 0 Å². The number of nitrogens with zero attached hydrogens (tertiary/aromatic N) is 2. The zero-order valence-electron chi connectivity index (χ0n) is 17.0. The van der Waals surface area contributed by atoms with E-state index in [1.165, 1.54) is 12.0 Å². The topological polar surface area (TPSA) is 40.6 Å². The zero-order chi connectivity index (χ0) is 19.3. The molecule has 1 aromatic rings. The molecule has 26 heavy (non-hydrogen) atoms. The Morgan fingerprint density at radius 1 is 1.15 bits per heavy atom. The molecule has 2 rings (SSSR count). The van der Waals surface area contributed by atoms with Crippen molar-refractivity contribution >= 4 is 17.5 Å². The third-order valence-corrected chi connectivity index (χ3v) is 5.39. The van der Waals surface area contributed by atoms with Crippen LogP contribution < -0.4 is 4.90 Å². The molecule has 4 nitrogen and oxygen atoms in total. The van der Waals surface area contributed by atoms with E-state index in [9.17, 15) is 9.59 Å². The van der Waals surface area contributed by atoms with Crippen LogP contribution in [0, 0.1) is 0 Å². The van der Waals surface area contributed by atoms with Gasteiger partial charge in [0.05, 0.1) is 0 Å². The molecule has 0 aromatic heterocycles. The number of anilines is 1. The first-order valence-corrected chi connectivity index (χ1v) is 9.92. The average molecular weight is 359 g/mol. The van der Waals surface area contributed by atoms with Crippen molar-refractivity contribution < 1.29 is 9.59 Å². The van der Waals surface area contributed by atoms with Crippen molar-refractivity contribution in [3.8, 4) is 0 Å². The van der Waals surface area contributed by atoms with Gasteiger partial charge in [0, 0.05) is 38.2 Å². The van der Waals surface area contributed by atoms with Crippen molar-refractivity contribution in [2.75, 3.05) is 18.0 Å². The lowest BCUT2D eigenvalue weighted by Crippen LogP contribution is -2.44. The molecule has 1 fully saturated rings. The number of amides is 2. The van der Waals surface area contributed by atoms with Crippen molar-refractivity contribution in [2.24, 2.45) is 0 Å². The first-order valence-electron chi connectivity index (χ1n) is 9.92. The molecule has 0 N–H and O–H groups in total. The van der Waals surface area contributed by atoms with E-state index in [0.29, 0.717) is 19.0 Å². The van der Waals surface area contributed by atoms with Crippen LogP contribution >= 0.6 is 0 Å². The lowest BCUT2D eigenvalue weighted by Gasteiger charge is -2.36. The molecular formula is C22H34N2O2. The molecule has 1 saturated heterocycles. The van der Waals surface area contributed by atoms with Gasteiger partial charge >= 0.3 is 0 Å². The average Bonchev–Trinajstić information content (AvgIpc) is 2.61. The number of hydrogen-bond acceptors (Lipinski definition) is 2. The van der Waals surface area contributed by atoms with Crippen LogP contribution in [0.1, 0.15) is 72.3 Å². The van der Waals surface area contributed by atoms with Gasteiger partial charge in [-0.25, -0.2) is 0 Å². The van der Waals surface area contributed by atoms with Gasteiger partial charge in [-0.2, -0.15) is 0 Å². The van der Waals surface area contributed by atoms with E-state index in [0.717, 1.165) is 31.5 Å². The minimum atomic E-state index is -0.0213. The number of likely N-dealkylation sites (tertiary alicyclic amines) is 1. The van der Waals surface area contributed by atoms with Gasteiger partial charge < -0.3 is 9.80 Å². The summed E-state index contributed by atoms with van der Waals surface area (Å²) in [6.07, 6.45) is 4.80. The van der Waals surface area contributed by atoms with E-state index >= 15 is 0 Å². The quantitative estimate of drug-likeness (QED) is 0.776. The molecule has 0 spiro atoms. The molecule has 1 aromatic carbocycles. The van der Waals surface area contributed by atoms with Crippen LogP contribution in [0.2, 0.25) is 0 Å². The second-order valence-electron chi connectivity index (χ2n) is 8.36. The molecule has 0 saturated carbocycles. The van der Waals surface area contributed by atoms with Gasteiger partial charge in [0.25, 0.3) is 0 Å². The van der Waals surface area contributed by atoms with Crippen molar-refractivity contribution in [1.29, 1.82) is 0 Å². The second kappa shape index (κ2) is 8.70. The number of rotatable bonds is 5. The van der Waals surface area contributed by atoms with E-state index < -0.39 is 0 Å². The minimum Gasteiger partial charge on any atom is -0.340 e. The summed E-state index contributed by atoms with van der Waals surface area (Å²) in [4.78, 5) is 28.6. The van der Waals surface area contributed by atoms with E-state index in [1.807, 2.05) is 17.0 Å². The number of benzene rings is 1. The highest BCUT2D eigenvalue weighted by Crippen LogP contribution is 2.25. The standard InChI is InChI=1S/C22H34N2O2/c1-6-19-9-7-8-15-24(19)21(26)14-16-23(17(2)25)20-12-10-18(11-13-20)22(3,4)5/h10-13,19H,6-9,14-16H2,1-5H3. The maximum Gasteiger partial charge on any atom is 0.224 e. The Hall–Kier alpha value is -1.84. The van der Waals surface area contributed by atoms with Crippen LogP contribution in [0.25, 0.3) is 0 Å². The maximum atomic E-state index is 12.7. The molecule has 1 heterocycles. The summed E-state index contributed by atoms with van der Waals surface area (Å²) >= 11 is 0. The fraction of sp³-hybridized carbons (Fsp3) is 0.636. The van der Waals surface area contributed by atoms with Crippen LogP contribution in [-0.4, -0.2) is 35.8 Å². The zero-order valence-corrected chi connectivity index (χ0v) is 17.0. The lowest BCUT2D eigenvalue weighted by atomic mass is 9.87. The summed E-state index contributed by atoms with van der Waals surface area (Å²) in [6, 6.07) is 8.49. The van der Waals surface area contributed by atoms with Gasteiger partial charge in [0.2, 0.25) is 11.8 Å². The van der Waals surface area contributed by atoms with Crippen molar-refractivity contribution in [3.05, 3.63) is 29.8 Å². The van der Waals surface area contributed by atoms with E-state index in [2.05, 4.69) is 39.8 Å². The second-order valence-corrected chi connectivity index (χ2v) is 8.36. The third-order valence-electron chi connectivity index (χ3n) is 5.39. The maximum absolute atomic E-state index is 12.7. The lowest BCUT2D eigenvalue weighted by molar-refractivity contribution is -0.134. The smallest absolute Gasteiger partial charge is 0.224 e. The van der Waals surface area contributed by atoms with Crippen LogP contribution in [-0.2, 0) is 15.0 Å². The Morgan fingerprint density at radius 2 is 1.81 bits per heavy atom. The Labute approximate surface area is 158 Å². The fourth-order valence-electron chi connectivity index (χ4n) is 3.71. The Balaban J connectivity index is 2.04. The molecule has 1 aliphatic rings. The fourth-order valence-corrected chi connectivity index (χ4v) is 3.71. The van der Waals surface area contributed by atoms with Gasteiger partial charge in [-0.1, -0.05) is 39.8 Å². The van der Waals surface area contributed by atoms with Gasteiger partial charge in [-0.3, -0.25) is 9.59 Å². The third kappa shape index (κ3) is 5.09. The van der Waals surface area contributed by atoms with Gasteiger partial charge in [0.1, 0.15) is 0 Å². The van der Waals surface area contributed by atoms with Gasteiger partial charge in [0.15, 0.2) is 0 Å². The first kappa shape index (κ1) is 20.5. The van der Waals surface area contributed by atoms with Crippen LogP contribution in [0.5, 0.6) is 0 Å². The summed E-state index contributed by atoms with van der Waals surface area (Å²) in [5.41, 5.74) is 2.18. The number of piperidine rings is 1. The molecule has 1 aliphatic heterocycles. The molecule has 4 heteroatoms. The highest BCUT2D eigenvalue weighted by molar-refractivity contribution is 5.92. The summed E-state index contributed by atoms with van der Waals surface area (Å²) in [6.45, 7) is 11.5. The molecule has 2 amide bonds. The Kier molecular flexibility index (Phi) is 6.85. The normalized spacial score (nSPS) is 17.9. The Bertz CT molecular complexity index is 616. The first-order chi connectivity index (χ1) is 12.2. The number of carbonyl (C=O) groups is 2. The highest BCUT2D eigenvalue weighted by atomic mass is 16.2. The molecule has 0 radical (unpaired) electrons. The molecule has 0 aliphatic carbocycles. The minimum absolute atomic E-state index is 0.0213. The van der Waals surface area contributed by atoms with Crippen molar-refractivity contribution in [3.63, 3.8) is 0 Å². The van der Waals surface area contributed by atoms with E-state index in [4.69, 9.17) is 0 Å². The summed E-state index contributed by atoms with van der Waals surface area (Å²) in [5, 5.41) is 0. The van der Waals surface area contributed by atoms with Crippen LogP contribution in [0.15, 0.2) is 24.3 Å². The Morgan fingerprint density at radius 3 is 2.35 bits per heavy atom. The number of carbonyl (C=O) groups excluding carboxylic acids is 2. The largest absolute Gasteiger partial charge is 0.340 e. The van der Waals surface area contributed by atoms with Crippen molar-refractivity contribution in [2.45, 2.75) is 78.2 Å². The molecule has 1 unspecified atom stereocenters. The highest BCUT2D eigenvalue weighted by Gasteiger charge is 2.26. The molecule has 1 atom stereocenters. The predicted molar refractivity (Wildman–Crippen MR) is 107 cm³/mol. The van der Waals surface area contributed by atoms with E-state index in [1.54, 1.807) is 11.8 Å². The predicted octanol–water partition coefficient (Wildman–Crippen LogP) is 4.52.